The molecule has 8 nitrogen and oxygen atoms in total. The highest BCUT2D eigenvalue weighted by molar-refractivity contribution is 7.89. The number of carboxylic acids is 1. The first kappa shape index (κ1) is 18.8. The topological polar surface area (TPSA) is 122 Å². The molecule has 0 aromatic rings. The Balaban J connectivity index is 4.24. The molecule has 0 bridgehead atoms. The number of carbonyl (C=O) groups excluding carboxylic acids is 1. The van der Waals surface area contributed by atoms with Gasteiger partial charge in [0.2, 0.25) is 15.9 Å². The molecule has 118 valence electrons. The van der Waals surface area contributed by atoms with E-state index in [1.165, 1.54) is 0 Å². The number of amides is 1. The molecule has 0 spiro atoms. The summed E-state index contributed by atoms with van der Waals surface area (Å²) in [5, 5.41) is 11.2. The van der Waals surface area contributed by atoms with Crippen molar-refractivity contribution in [1.29, 1.82) is 0 Å². The number of hydrogen-bond donors (Lipinski definition) is 3. The van der Waals surface area contributed by atoms with E-state index in [-0.39, 0.29) is 18.3 Å². The third-order valence-electron chi connectivity index (χ3n) is 2.40. The Labute approximate surface area is 118 Å². The van der Waals surface area contributed by atoms with Gasteiger partial charge in [-0.1, -0.05) is 13.8 Å². The lowest BCUT2D eigenvalue weighted by molar-refractivity contribution is -0.142. The standard InChI is InChI=1S/C11H22N2O6S/c1-4-19-5-6-20(17,18)12-7-9(14)13-10(8(2)3)11(15)16/h8,10,12H,4-7H2,1-3H3,(H,13,14)(H,15,16)/t10-/m1/s1. The predicted octanol–water partition coefficient (Wildman–Crippen LogP) is -0.832. The van der Waals surface area contributed by atoms with Crippen molar-refractivity contribution < 1.29 is 27.9 Å². The van der Waals surface area contributed by atoms with Crippen molar-refractivity contribution in [3.63, 3.8) is 0 Å². The highest BCUT2D eigenvalue weighted by atomic mass is 32.2. The molecule has 0 saturated heterocycles. The number of aliphatic carboxylic acids is 1. The van der Waals surface area contributed by atoms with Gasteiger partial charge in [0.1, 0.15) is 6.04 Å². The van der Waals surface area contributed by atoms with Gasteiger partial charge in [0.15, 0.2) is 0 Å². The van der Waals surface area contributed by atoms with Gasteiger partial charge in [-0.3, -0.25) is 4.79 Å². The summed E-state index contributed by atoms with van der Waals surface area (Å²) in [6.07, 6.45) is 0. The fraction of sp³-hybridized carbons (Fsp3) is 0.818. The summed E-state index contributed by atoms with van der Waals surface area (Å²) in [5.74, 6) is -2.40. The molecule has 0 saturated carbocycles. The zero-order valence-electron chi connectivity index (χ0n) is 11.9. The normalized spacial score (nSPS) is 13.2. The van der Waals surface area contributed by atoms with Crippen LogP contribution in [0.5, 0.6) is 0 Å². The van der Waals surface area contributed by atoms with Crippen LogP contribution in [0, 0.1) is 5.92 Å². The van der Waals surface area contributed by atoms with Crippen LogP contribution in [0.2, 0.25) is 0 Å². The first-order valence-corrected chi connectivity index (χ1v) is 7.92. The fourth-order valence-corrected chi connectivity index (χ4v) is 2.13. The Morgan fingerprint density at radius 2 is 1.90 bits per heavy atom. The van der Waals surface area contributed by atoms with E-state index >= 15 is 0 Å². The molecule has 0 fully saturated rings. The summed E-state index contributed by atoms with van der Waals surface area (Å²) in [7, 11) is -3.61. The van der Waals surface area contributed by atoms with E-state index in [1.54, 1.807) is 20.8 Å². The maximum absolute atomic E-state index is 11.5. The van der Waals surface area contributed by atoms with Crippen LogP contribution in [0.4, 0.5) is 0 Å². The smallest absolute Gasteiger partial charge is 0.326 e. The third-order valence-corrected chi connectivity index (χ3v) is 3.69. The number of nitrogens with one attached hydrogen (secondary N) is 2. The Kier molecular flexibility index (Phi) is 8.35. The first-order valence-electron chi connectivity index (χ1n) is 6.26. The van der Waals surface area contributed by atoms with Crippen molar-refractivity contribution in [2.24, 2.45) is 5.92 Å². The van der Waals surface area contributed by atoms with E-state index in [4.69, 9.17) is 9.84 Å². The molecular formula is C11H22N2O6S. The summed E-state index contributed by atoms with van der Waals surface area (Å²) in [6.45, 7) is 4.98. The molecule has 1 amide bonds. The summed E-state index contributed by atoms with van der Waals surface area (Å²) < 4.78 is 29.9. The molecule has 0 rings (SSSR count). The highest BCUT2D eigenvalue weighted by Crippen LogP contribution is 2.01. The van der Waals surface area contributed by atoms with E-state index in [0.29, 0.717) is 6.61 Å². The number of carbonyl (C=O) groups is 2. The number of sulfonamides is 1. The molecule has 0 aromatic carbocycles. The van der Waals surface area contributed by atoms with Gasteiger partial charge >= 0.3 is 5.97 Å². The molecule has 0 radical (unpaired) electrons. The Morgan fingerprint density at radius 1 is 1.30 bits per heavy atom. The van der Waals surface area contributed by atoms with E-state index in [9.17, 15) is 18.0 Å². The number of carboxylic acid groups (broad SMARTS) is 1. The molecular weight excluding hydrogens is 288 g/mol. The molecule has 1 atom stereocenters. The molecule has 0 unspecified atom stereocenters. The second-order valence-corrected chi connectivity index (χ2v) is 6.39. The van der Waals surface area contributed by atoms with Gasteiger partial charge in [-0.05, 0) is 12.8 Å². The lowest BCUT2D eigenvalue weighted by Gasteiger charge is -2.18. The van der Waals surface area contributed by atoms with Crippen LogP contribution in [0.3, 0.4) is 0 Å². The van der Waals surface area contributed by atoms with Crippen LogP contribution in [0.1, 0.15) is 20.8 Å². The minimum atomic E-state index is -3.61. The summed E-state index contributed by atoms with van der Waals surface area (Å²) in [5.41, 5.74) is 0. The van der Waals surface area contributed by atoms with E-state index in [2.05, 4.69) is 10.0 Å². The van der Waals surface area contributed by atoms with E-state index in [0.717, 1.165) is 0 Å². The van der Waals surface area contributed by atoms with Crippen LogP contribution in [-0.4, -0.2) is 57.0 Å². The first-order chi connectivity index (χ1) is 9.19. The third kappa shape index (κ3) is 8.08. The van der Waals surface area contributed by atoms with Crippen LogP contribution in [0.15, 0.2) is 0 Å². The molecule has 0 aliphatic carbocycles. The van der Waals surface area contributed by atoms with Gasteiger partial charge in [0.05, 0.1) is 18.9 Å². The second-order valence-electron chi connectivity index (χ2n) is 4.46. The molecule has 3 N–H and O–H groups in total. The molecule has 0 aliphatic rings. The second kappa shape index (κ2) is 8.88. The van der Waals surface area contributed by atoms with Gasteiger partial charge in [0, 0.05) is 6.61 Å². The summed E-state index contributed by atoms with van der Waals surface area (Å²) in [6, 6.07) is -1.05. The lowest BCUT2D eigenvalue weighted by Crippen LogP contribution is -2.48. The number of ether oxygens (including phenoxy) is 1. The van der Waals surface area contributed by atoms with Crippen molar-refractivity contribution in [2.45, 2.75) is 26.8 Å². The largest absolute Gasteiger partial charge is 0.480 e. The van der Waals surface area contributed by atoms with Crippen molar-refractivity contribution in [3.8, 4) is 0 Å². The monoisotopic (exact) mass is 310 g/mol. The van der Waals surface area contributed by atoms with Gasteiger partial charge < -0.3 is 15.2 Å². The number of hydrogen-bond acceptors (Lipinski definition) is 5. The van der Waals surface area contributed by atoms with Crippen LogP contribution >= 0.6 is 0 Å². The maximum atomic E-state index is 11.5. The fourth-order valence-electron chi connectivity index (χ4n) is 1.30. The van der Waals surface area contributed by atoms with Crippen LogP contribution < -0.4 is 10.0 Å². The highest BCUT2D eigenvalue weighted by Gasteiger charge is 2.23. The van der Waals surface area contributed by atoms with Gasteiger partial charge in [0.25, 0.3) is 0 Å². The van der Waals surface area contributed by atoms with Gasteiger partial charge in [-0.15, -0.1) is 0 Å². The average Bonchev–Trinajstić information content (AvgIpc) is 2.33. The van der Waals surface area contributed by atoms with Crippen molar-refractivity contribution in [1.82, 2.24) is 10.0 Å². The van der Waals surface area contributed by atoms with Crippen molar-refractivity contribution >= 4 is 21.9 Å². The zero-order valence-corrected chi connectivity index (χ0v) is 12.7. The van der Waals surface area contributed by atoms with Crippen molar-refractivity contribution in [3.05, 3.63) is 0 Å². The maximum Gasteiger partial charge on any atom is 0.326 e. The van der Waals surface area contributed by atoms with Gasteiger partial charge in [-0.25, -0.2) is 17.9 Å². The zero-order chi connectivity index (χ0) is 15.8. The summed E-state index contributed by atoms with van der Waals surface area (Å²) in [4.78, 5) is 22.4. The average molecular weight is 310 g/mol. The van der Waals surface area contributed by atoms with Gasteiger partial charge in [-0.2, -0.15) is 0 Å². The minimum absolute atomic E-state index is 0.0389. The number of rotatable bonds is 10. The summed E-state index contributed by atoms with van der Waals surface area (Å²) >= 11 is 0. The Bertz CT molecular complexity index is 421. The minimum Gasteiger partial charge on any atom is -0.480 e. The molecule has 0 aromatic heterocycles. The van der Waals surface area contributed by atoms with E-state index < -0.39 is 34.5 Å². The molecule has 20 heavy (non-hydrogen) atoms. The molecule has 0 aliphatic heterocycles. The molecule has 9 heteroatoms. The SMILES string of the molecule is CCOCCS(=O)(=O)NCC(=O)N[C@@H](C(=O)O)C(C)C. The quantitative estimate of drug-likeness (QED) is 0.453. The van der Waals surface area contributed by atoms with Crippen LogP contribution in [0.25, 0.3) is 0 Å². The lowest BCUT2D eigenvalue weighted by atomic mass is 10.1. The molecule has 0 heterocycles. The van der Waals surface area contributed by atoms with E-state index in [1.807, 2.05) is 0 Å². The van der Waals surface area contributed by atoms with Crippen LogP contribution in [-0.2, 0) is 24.3 Å². The van der Waals surface area contributed by atoms with Crippen molar-refractivity contribution in [2.75, 3.05) is 25.5 Å². The predicted molar refractivity (Wildman–Crippen MR) is 72.7 cm³/mol. The Hall–Kier alpha value is -1.19. The Morgan fingerprint density at radius 3 is 2.35 bits per heavy atom.